The monoisotopic (exact) mass is 249 g/mol. The fourth-order valence-electron chi connectivity index (χ4n) is 2.43. The second-order valence-corrected chi connectivity index (χ2v) is 5.41. The zero-order valence-corrected chi connectivity index (χ0v) is 11.5. The molecular formula is C14H23N3O. The molecular weight excluding hydrogens is 226 g/mol. The summed E-state index contributed by atoms with van der Waals surface area (Å²) in [4.78, 5) is 14.1. The summed E-state index contributed by atoms with van der Waals surface area (Å²) in [5.41, 5.74) is 1.22. The molecule has 4 nitrogen and oxygen atoms in total. The van der Waals surface area contributed by atoms with Crippen LogP contribution in [0.2, 0.25) is 0 Å². The van der Waals surface area contributed by atoms with E-state index in [9.17, 15) is 4.79 Å². The number of nitrogens with one attached hydrogen (secondary N) is 1. The lowest BCUT2D eigenvalue weighted by molar-refractivity contribution is 0.162. The first-order valence-electron chi connectivity index (χ1n) is 6.79. The molecule has 0 radical (unpaired) electrons. The van der Waals surface area contributed by atoms with Crippen LogP contribution in [0.3, 0.4) is 0 Å². The van der Waals surface area contributed by atoms with E-state index in [1.165, 1.54) is 5.69 Å². The number of carbonyl (C=O) groups is 1. The third-order valence-electron chi connectivity index (χ3n) is 3.60. The molecule has 0 spiro atoms. The molecule has 1 aliphatic heterocycles. The standard InChI is InChI=1S/C14H23N3O/c1-11(2)6-7-15-14(18)17-10-9-16-8-4-5-13(16)12(17)3/h4-5,8,11-12H,6-7,9-10H2,1-3H3,(H,15,18). The van der Waals surface area contributed by atoms with Crippen molar-refractivity contribution in [2.24, 2.45) is 5.92 Å². The van der Waals surface area contributed by atoms with Gasteiger partial charge in [0, 0.05) is 31.5 Å². The summed E-state index contributed by atoms with van der Waals surface area (Å²) in [6, 6.07) is 4.37. The average Bonchev–Trinajstić information content (AvgIpc) is 2.77. The van der Waals surface area contributed by atoms with Crippen molar-refractivity contribution in [1.82, 2.24) is 14.8 Å². The zero-order valence-electron chi connectivity index (χ0n) is 11.5. The Hall–Kier alpha value is -1.45. The van der Waals surface area contributed by atoms with Crippen LogP contribution >= 0.6 is 0 Å². The van der Waals surface area contributed by atoms with Crippen LogP contribution in [-0.4, -0.2) is 28.6 Å². The third-order valence-corrected chi connectivity index (χ3v) is 3.60. The van der Waals surface area contributed by atoms with Gasteiger partial charge < -0.3 is 14.8 Å². The molecule has 2 amide bonds. The predicted octanol–water partition coefficient (Wildman–Crippen LogP) is 2.62. The van der Waals surface area contributed by atoms with Crippen molar-refractivity contribution in [2.75, 3.05) is 13.1 Å². The second kappa shape index (κ2) is 5.46. The van der Waals surface area contributed by atoms with Crippen LogP contribution in [0.15, 0.2) is 18.3 Å². The van der Waals surface area contributed by atoms with Gasteiger partial charge in [0.15, 0.2) is 0 Å². The molecule has 1 aliphatic rings. The highest BCUT2D eigenvalue weighted by Crippen LogP contribution is 2.24. The summed E-state index contributed by atoms with van der Waals surface area (Å²) in [5.74, 6) is 0.626. The van der Waals surface area contributed by atoms with Crippen molar-refractivity contribution < 1.29 is 4.79 Å². The van der Waals surface area contributed by atoms with Crippen molar-refractivity contribution in [1.29, 1.82) is 0 Å². The minimum Gasteiger partial charge on any atom is -0.348 e. The number of hydrogen-bond acceptors (Lipinski definition) is 1. The molecule has 1 aromatic rings. The van der Waals surface area contributed by atoms with Crippen molar-refractivity contribution in [3.8, 4) is 0 Å². The summed E-state index contributed by atoms with van der Waals surface area (Å²) in [6.07, 6.45) is 3.12. The Morgan fingerprint density at radius 1 is 1.50 bits per heavy atom. The van der Waals surface area contributed by atoms with Crippen molar-refractivity contribution in [2.45, 2.75) is 39.8 Å². The van der Waals surface area contributed by atoms with Gasteiger partial charge in [0.1, 0.15) is 0 Å². The maximum Gasteiger partial charge on any atom is 0.318 e. The van der Waals surface area contributed by atoms with E-state index in [0.29, 0.717) is 5.92 Å². The molecule has 2 rings (SSSR count). The molecule has 18 heavy (non-hydrogen) atoms. The summed E-state index contributed by atoms with van der Waals surface area (Å²) in [6.45, 7) is 8.87. The first-order valence-corrected chi connectivity index (χ1v) is 6.79. The Morgan fingerprint density at radius 3 is 3.00 bits per heavy atom. The van der Waals surface area contributed by atoms with Crippen LogP contribution in [0.25, 0.3) is 0 Å². The molecule has 1 unspecified atom stereocenters. The SMILES string of the molecule is CC(C)CCNC(=O)N1CCn2cccc2C1C. The van der Waals surface area contributed by atoms with E-state index in [-0.39, 0.29) is 12.1 Å². The molecule has 1 N–H and O–H groups in total. The van der Waals surface area contributed by atoms with Crippen LogP contribution < -0.4 is 5.32 Å². The Labute approximate surface area is 109 Å². The second-order valence-electron chi connectivity index (χ2n) is 5.41. The molecule has 0 aliphatic carbocycles. The summed E-state index contributed by atoms with van der Waals surface area (Å²) < 4.78 is 2.22. The first kappa shape index (κ1) is 13.0. The highest BCUT2D eigenvalue weighted by atomic mass is 16.2. The topological polar surface area (TPSA) is 37.3 Å². The Kier molecular flexibility index (Phi) is 3.94. The van der Waals surface area contributed by atoms with E-state index in [1.54, 1.807) is 0 Å². The normalized spacial score (nSPS) is 18.9. The lowest BCUT2D eigenvalue weighted by Crippen LogP contribution is -2.46. The van der Waals surface area contributed by atoms with Crippen LogP contribution in [0, 0.1) is 5.92 Å². The maximum atomic E-state index is 12.1. The van der Waals surface area contributed by atoms with Gasteiger partial charge in [0.2, 0.25) is 0 Å². The molecule has 0 bridgehead atoms. The van der Waals surface area contributed by atoms with Crippen LogP contribution in [0.4, 0.5) is 4.79 Å². The number of rotatable bonds is 3. The third kappa shape index (κ3) is 2.68. The lowest BCUT2D eigenvalue weighted by atomic mass is 10.1. The number of hydrogen-bond donors (Lipinski definition) is 1. The van der Waals surface area contributed by atoms with Gasteiger partial charge in [0.25, 0.3) is 0 Å². The Balaban J connectivity index is 1.92. The Morgan fingerprint density at radius 2 is 2.28 bits per heavy atom. The van der Waals surface area contributed by atoms with Gasteiger partial charge in [-0.2, -0.15) is 0 Å². The van der Waals surface area contributed by atoms with Crippen molar-refractivity contribution in [3.63, 3.8) is 0 Å². The summed E-state index contributed by atoms with van der Waals surface area (Å²) >= 11 is 0. The molecule has 0 aromatic carbocycles. The molecule has 100 valence electrons. The first-order chi connectivity index (χ1) is 8.59. The fraction of sp³-hybridized carbons (Fsp3) is 0.643. The number of amides is 2. The maximum absolute atomic E-state index is 12.1. The van der Waals surface area contributed by atoms with Gasteiger partial charge in [0.05, 0.1) is 6.04 Å². The quantitative estimate of drug-likeness (QED) is 0.878. The van der Waals surface area contributed by atoms with Gasteiger partial charge in [-0.25, -0.2) is 4.79 Å². The number of fused-ring (bicyclic) bond motifs is 1. The van der Waals surface area contributed by atoms with Gasteiger partial charge in [-0.05, 0) is 31.4 Å². The number of aromatic nitrogens is 1. The van der Waals surface area contributed by atoms with Gasteiger partial charge in [-0.3, -0.25) is 0 Å². The smallest absolute Gasteiger partial charge is 0.318 e. The van der Waals surface area contributed by atoms with E-state index in [0.717, 1.165) is 26.1 Å². The lowest BCUT2D eigenvalue weighted by Gasteiger charge is -2.34. The fourth-order valence-corrected chi connectivity index (χ4v) is 2.43. The predicted molar refractivity (Wildman–Crippen MR) is 72.4 cm³/mol. The number of urea groups is 1. The highest BCUT2D eigenvalue weighted by molar-refractivity contribution is 5.74. The minimum absolute atomic E-state index is 0.0654. The van der Waals surface area contributed by atoms with E-state index < -0.39 is 0 Å². The molecule has 0 fully saturated rings. The van der Waals surface area contributed by atoms with E-state index in [4.69, 9.17) is 0 Å². The minimum atomic E-state index is 0.0654. The zero-order chi connectivity index (χ0) is 13.1. The molecule has 1 atom stereocenters. The Bertz CT molecular complexity index is 411. The van der Waals surface area contributed by atoms with E-state index >= 15 is 0 Å². The highest BCUT2D eigenvalue weighted by Gasteiger charge is 2.26. The van der Waals surface area contributed by atoms with Gasteiger partial charge in [-0.15, -0.1) is 0 Å². The van der Waals surface area contributed by atoms with Crippen LogP contribution in [0.5, 0.6) is 0 Å². The molecule has 0 saturated heterocycles. The average molecular weight is 249 g/mol. The van der Waals surface area contributed by atoms with Gasteiger partial charge >= 0.3 is 6.03 Å². The van der Waals surface area contributed by atoms with Crippen LogP contribution in [-0.2, 0) is 6.54 Å². The molecule has 4 heteroatoms. The summed E-state index contributed by atoms with van der Waals surface area (Å²) in [7, 11) is 0. The summed E-state index contributed by atoms with van der Waals surface area (Å²) in [5, 5.41) is 3.01. The van der Waals surface area contributed by atoms with Crippen LogP contribution in [0.1, 0.15) is 38.9 Å². The molecule has 1 aromatic heterocycles. The number of nitrogens with zero attached hydrogens (tertiary/aromatic N) is 2. The number of carbonyl (C=O) groups excluding carboxylic acids is 1. The molecule has 2 heterocycles. The van der Waals surface area contributed by atoms with Crippen molar-refractivity contribution >= 4 is 6.03 Å². The van der Waals surface area contributed by atoms with Crippen molar-refractivity contribution in [3.05, 3.63) is 24.0 Å². The van der Waals surface area contributed by atoms with Gasteiger partial charge in [-0.1, -0.05) is 13.8 Å². The largest absolute Gasteiger partial charge is 0.348 e. The molecule has 0 saturated carbocycles. The van der Waals surface area contributed by atoms with E-state index in [2.05, 4.69) is 42.9 Å². The van der Waals surface area contributed by atoms with E-state index in [1.807, 2.05) is 11.0 Å².